The van der Waals surface area contributed by atoms with Gasteiger partial charge in [0.15, 0.2) is 6.61 Å². The van der Waals surface area contributed by atoms with Gasteiger partial charge < -0.3 is 19.7 Å². The van der Waals surface area contributed by atoms with Crippen molar-refractivity contribution in [3.8, 4) is 11.5 Å². The average molecular weight is 441 g/mol. The van der Waals surface area contributed by atoms with Crippen LogP contribution in [0.1, 0.15) is 49.8 Å². The minimum atomic E-state index is -0.576. The molecular weight excluding hydrogens is 404 g/mol. The van der Waals surface area contributed by atoms with Crippen LogP contribution in [-0.4, -0.2) is 43.0 Å². The zero-order valence-electron chi connectivity index (χ0n) is 19.9. The standard InChI is InChI=1S/C26H36N2O4/c1-6-8-14-27-26(30)23(7-2)28(17-21-10-9-11-22(16-21)31-5)25(29)18-32-24-13-12-19(3)15-20(24)4/h9-13,15-16,23H,6-8,14,17-18H2,1-5H3,(H,27,30)/t23-/m1/s1. The fourth-order valence-corrected chi connectivity index (χ4v) is 3.58. The molecule has 6 nitrogen and oxygen atoms in total. The van der Waals surface area contributed by atoms with Crippen molar-refractivity contribution in [3.05, 3.63) is 59.2 Å². The van der Waals surface area contributed by atoms with E-state index in [1.165, 1.54) is 0 Å². The fraction of sp³-hybridized carbons (Fsp3) is 0.462. The maximum Gasteiger partial charge on any atom is 0.261 e. The summed E-state index contributed by atoms with van der Waals surface area (Å²) in [6, 6.07) is 12.8. The number of methoxy groups -OCH3 is 1. The zero-order chi connectivity index (χ0) is 23.5. The Morgan fingerprint density at radius 2 is 1.88 bits per heavy atom. The molecule has 0 aliphatic carbocycles. The number of benzene rings is 2. The summed E-state index contributed by atoms with van der Waals surface area (Å²) >= 11 is 0. The quantitative estimate of drug-likeness (QED) is 0.496. The molecule has 0 saturated carbocycles. The predicted molar refractivity (Wildman–Crippen MR) is 127 cm³/mol. The van der Waals surface area contributed by atoms with Crippen LogP contribution in [0.2, 0.25) is 0 Å². The van der Waals surface area contributed by atoms with Crippen LogP contribution in [-0.2, 0) is 16.1 Å². The van der Waals surface area contributed by atoms with E-state index in [0.29, 0.717) is 31.0 Å². The molecule has 0 bridgehead atoms. The number of nitrogens with one attached hydrogen (secondary N) is 1. The van der Waals surface area contributed by atoms with Gasteiger partial charge in [-0.15, -0.1) is 0 Å². The topological polar surface area (TPSA) is 67.9 Å². The molecule has 0 saturated heterocycles. The van der Waals surface area contributed by atoms with Gasteiger partial charge in [0, 0.05) is 13.1 Å². The van der Waals surface area contributed by atoms with E-state index in [9.17, 15) is 9.59 Å². The first-order valence-corrected chi connectivity index (χ1v) is 11.3. The molecule has 0 spiro atoms. The number of aryl methyl sites for hydroxylation is 2. The first kappa shape index (κ1) is 25.2. The molecule has 1 N–H and O–H groups in total. The van der Waals surface area contributed by atoms with Crippen LogP contribution in [0.25, 0.3) is 0 Å². The van der Waals surface area contributed by atoms with E-state index in [0.717, 1.165) is 29.5 Å². The summed E-state index contributed by atoms with van der Waals surface area (Å²) in [5, 5.41) is 2.97. The van der Waals surface area contributed by atoms with Gasteiger partial charge in [0.25, 0.3) is 5.91 Å². The van der Waals surface area contributed by atoms with Gasteiger partial charge in [0.05, 0.1) is 7.11 Å². The minimum absolute atomic E-state index is 0.132. The molecular formula is C26H36N2O4. The third-order valence-electron chi connectivity index (χ3n) is 5.38. The van der Waals surface area contributed by atoms with E-state index in [1.54, 1.807) is 12.0 Å². The Labute approximate surface area is 191 Å². The average Bonchev–Trinajstić information content (AvgIpc) is 2.78. The number of rotatable bonds is 12. The van der Waals surface area contributed by atoms with Gasteiger partial charge in [-0.3, -0.25) is 9.59 Å². The van der Waals surface area contributed by atoms with Crippen LogP contribution < -0.4 is 14.8 Å². The van der Waals surface area contributed by atoms with Crippen molar-refractivity contribution in [2.24, 2.45) is 0 Å². The van der Waals surface area contributed by atoms with Crippen molar-refractivity contribution in [1.82, 2.24) is 10.2 Å². The SMILES string of the molecule is CCCCNC(=O)[C@@H](CC)N(Cc1cccc(OC)c1)C(=O)COc1ccc(C)cc1C. The van der Waals surface area contributed by atoms with Gasteiger partial charge in [-0.1, -0.05) is 50.1 Å². The molecule has 2 rings (SSSR count). The minimum Gasteiger partial charge on any atom is -0.497 e. The molecule has 0 heterocycles. The van der Waals surface area contributed by atoms with Crippen LogP contribution in [0.3, 0.4) is 0 Å². The number of unbranched alkanes of at least 4 members (excludes halogenated alkanes) is 1. The van der Waals surface area contributed by atoms with E-state index in [2.05, 4.69) is 12.2 Å². The molecule has 0 aliphatic rings. The second kappa shape index (κ2) is 12.7. The van der Waals surface area contributed by atoms with Crippen LogP contribution in [0.4, 0.5) is 0 Å². The number of hydrogen-bond acceptors (Lipinski definition) is 4. The maximum absolute atomic E-state index is 13.3. The number of ether oxygens (including phenoxy) is 2. The highest BCUT2D eigenvalue weighted by Crippen LogP contribution is 2.20. The highest BCUT2D eigenvalue weighted by molar-refractivity contribution is 5.88. The van der Waals surface area contributed by atoms with Gasteiger partial charge in [-0.2, -0.15) is 0 Å². The molecule has 2 aromatic rings. The van der Waals surface area contributed by atoms with Gasteiger partial charge in [-0.25, -0.2) is 0 Å². The number of amides is 2. The normalized spacial score (nSPS) is 11.5. The Kier molecular flexibility index (Phi) is 10.1. The lowest BCUT2D eigenvalue weighted by atomic mass is 10.1. The summed E-state index contributed by atoms with van der Waals surface area (Å²) in [4.78, 5) is 27.8. The number of hydrogen-bond donors (Lipinski definition) is 1. The third-order valence-corrected chi connectivity index (χ3v) is 5.38. The summed E-state index contributed by atoms with van der Waals surface area (Å²) in [5.74, 6) is 1.02. The zero-order valence-corrected chi connectivity index (χ0v) is 19.9. The lowest BCUT2D eigenvalue weighted by molar-refractivity contribution is -0.143. The molecule has 6 heteroatoms. The summed E-state index contributed by atoms with van der Waals surface area (Å²) in [6.07, 6.45) is 2.41. The van der Waals surface area contributed by atoms with Crippen LogP contribution in [0, 0.1) is 13.8 Å². The molecule has 0 fully saturated rings. The molecule has 0 radical (unpaired) electrons. The van der Waals surface area contributed by atoms with Crippen molar-refractivity contribution >= 4 is 11.8 Å². The summed E-state index contributed by atoms with van der Waals surface area (Å²) in [6.45, 7) is 8.73. The molecule has 0 aromatic heterocycles. The Balaban J connectivity index is 2.22. The molecule has 0 aliphatic heterocycles. The summed E-state index contributed by atoms with van der Waals surface area (Å²) < 4.78 is 11.2. The molecule has 2 aromatic carbocycles. The Morgan fingerprint density at radius 3 is 2.53 bits per heavy atom. The third kappa shape index (κ3) is 7.29. The smallest absolute Gasteiger partial charge is 0.261 e. The second-order valence-corrected chi connectivity index (χ2v) is 8.00. The van der Waals surface area contributed by atoms with E-state index in [-0.39, 0.29) is 18.4 Å². The van der Waals surface area contributed by atoms with E-state index in [4.69, 9.17) is 9.47 Å². The van der Waals surface area contributed by atoms with Gasteiger partial charge >= 0.3 is 0 Å². The molecule has 2 amide bonds. The first-order valence-electron chi connectivity index (χ1n) is 11.3. The van der Waals surface area contributed by atoms with Crippen LogP contribution >= 0.6 is 0 Å². The lowest BCUT2D eigenvalue weighted by Gasteiger charge is -2.30. The lowest BCUT2D eigenvalue weighted by Crippen LogP contribution is -2.50. The second-order valence-electron chi connectivity index (χ2n) is 8.00. The van der Waals surface area contributed by atoms with Gasteiger partial charge in [0.1, 0.15) is 17.5 Å². The largest absolute Gasteiger partial charge is 0.497 e. The number of nitrogens with zero attached hydrogens (tertiary/aromatic N) is 1. The Hall–Kier alpha value is -3.02. The predicted octanol–water partition coefficient (Wildman–Crippen LogP) is 4.41. The molecule has 1 atom stereocenters. The molecule has 0 unspecified atom stereocenters. The monoisotopic (exact) mass is 440 g/mol. The Morgan fingerprint density at radius 1 is 1.09 bits per heavy atom. The number of carbonyl (C=O) groups excluding carboxylic acids is 2. The molecule has 32 heavy (non-hydrogen) atoms. The van der Waals surface area contributed by atoms with Gasteiger partial charge in [-0.05, 0) is 56.0 Å². The van der Waals surface area contributed by atoms with Crippen molar-refractivity contribution in [2.75, 3.05) is 20.3 Å². The van der Waals surface area contributed by atoms with Crippen molar-refractivity contribution in [2.45, 2.75) is 59.5 Å². The van der Waals surface area contributed by atoms with E-state index >= 15 is 0 Å². The van der Waals surface area contributed by atoms with Crippen LogP contribution in [0.5, 0.6) is 11.5 Å². The van der Waals surface area contributed by atoms with Gasteiger partial charge in [0.2, 0.25) is 5.91 Å². The summed E-state index contributed by atoms with van der Waals surface area (Å²) in [5.41, 5.74) is 3.00. The van der Waals surface area contributed by atoms with E-state index < -0.39 is 6.04 Å². The fourth-order valence-electron chi connectivity index (χ4n) is 3.58. The Bertz CT molecular complexity index is 897. The van der Waals surface area contributed by atoms with Crippen molar-refractivity contribution in [3.63, 3.8) is 0 Å². The van der Waals surface area contributed by atoms with Crippen molar-refractivity contribution in [1.29, 1.82) is 0 Å². The van der Waals surface area contributed by atoms with E-state index in [1.807, 2.05) is 63.2 Å². The van der Waals surface area contributed by atoms with Crippen LogP contribution in [0.15, 0.2) is 42.5 Å². The number of carbonyl (C=O) groups is 2. The molecule has 174 valence electrons. The highest BCUT2D eigenvalue weighted by atomic mass is 16.5. The van der Waals surface area contributed by atoms with Crippen molar-refractivity contribution < 1.29 is 19.1 Å². The highest BCUT2D eigenvalue weighted by Gasteiger charge is 2.29. The first-order chi connectivity index (χ1) is 15.4. The summed E-state index contributed by atoms with van der Waals surface area (Å²) in [7, 11) is 1.61. The maximum atomic E-state index is 13.3.